The van der Waals surface area contributed by atoms with E-state index in [1.54, 1.807) is 18.2 Å². The Morgan fingerprint density at radius 2 is 1.86 bits per heavy atom. The smallest absolute Gasteiger partial charge is 0.264 e. The molecule has 4 bridgehead atoms. The van der Waals surface area contributed by atoms with Gasteiger partial charge in [-0.2, -0.15) is 4.98 Å². The summed E-state index contributed by atoms with van der Waals surface area (Å²) in [5, 5.41) is 3.00. The number of amides is 1. The number of nitrogens with zero attached hydrogens (tertiary/aromatic N) is 2. The molecule has 2 N–H and O–H groups in total. The van der Waals surface area contributed by atoms with E-state index in [4.69, 9.17) is 4.74 Å². The molecule has 9 heteroatoms. The molecular weight excluding hydrogens is 488 g/mol. The van der Waals surface area contributed by atoms with Gasteiger partial charge in [-0.15, -0.1) is 0 Å². The van der Waals surface area contributed by atoms with Crippen molar-refractivity contribution in [3.8, 4) is 17.1 Å². The van der Waals surface area contributed by atoms with E-state index in [1.807, 2.05) is 19.1 Å². The Hall–Kier alpha value is -3.46. The van der Waals surface area contributed by atoms with Gasteiger partial charge in [0.2, 0.25) is 11.8 Å². The highest BCUT2D eigenvalue weighted by atomic mass is 32.2. The number of hydrogen-bond donors (Lipinski definition) is 2. The predicted octanol–water partition coefficient (Wildman–Crippen LogP) is 4.74. The molecule has 3 aromatic rings. The fourth-order valence-corrected chi connectivity index (χ4v) is 5.74. The number of aromatic nitrogens is 2. The van der Waals surface area contributed by atoms with Crippen LogP contribution in [0.3, 0.4) is 0 Å². The number of aryl methyl sites for hydroxylation is 1. The van der Waals surface area contributed by atoms with Gasteiger partial charge in [0.25, 0.3) is 15.9 Å². The third-order valence-corrected chi connectivity index (χ3v) is 8.00. The second-order valence-electron chi connectivity index (χ2n) is 10.4. The Kier molecular flexibility index (Phi) is 6.90. The maximum atomic E-state index is 13.3. The highest BCUT2D eigenvalue weighted by Gasteiger charge is 2.26. The molecule has 2 aliphatic rings. The SMILES string of the molecule is Cc1cccc(CC2CC2)c1-c1cc2nc(n1)NS(=O)(=O)c1cccc(c1)C(=O)N[C@H](CC(C)C)CO2. The van der Waals surface area contributed by atoms with Crippen molar-refractivity contribution in [2.75, 3.05) is 11.3 Å². The van der Waals surface area contributed by atoms with Gasteiger partial charge in [-0.1, -0.05) is 38.1 Å². The number of hydrogen-bond acceptors (Lipinski definition) is 6. The largest absolute Gasteiger partial charge is 0.475 e. The topological polar surface area (TPSA) is 110 Å². The van der Waals surface area contributed by atoms with E-state index in [9.17, 15) is 13.2 Å². The number of nitrogens with one attached hydrogen (secondary N) is 2. The molecular formula is C28H32N4O4S. The summed E-state index contributed by atoms with van der Waals surface area (Å²) in [6.07, 6.45) is 4.08. The first-order valence-electron chi connectivity index (χ1n) is 12.7. The maximum Gasteiger partial charge on any atom is 0.264 e. The maximum absolute atomic E-state index is 13.3. The fraction of sp³-hybridized carbons (Fsp3) is 0.393. The number of carbonyl (C=O) groups is 1. The third kappa shape index (κ3) is 5.93. The second kappa shape index (κ2) is 10.1. The van der Waals surface area contributed by atoms with Crippen molar-refractivity contribution in [2.24, 2.45) is 11.8 Å². The first-order valence-corrected chi connectivity index (χ1v) is 14.2. The molecule has 2 aromatic carbocycles. The number of carbonyl (C=O) groups excluding carboxylic acids is 1. The zero-order valence-corrected chi connectivity index (χ0v) is 22.1. The molecule has 1 aliphatic heterocycles. The van der Waals surface area contributed by atoms with Crippen LogP contribution in [0.5, 0.6) is 5.88 Å². The summed E-state index contributed by atoms with van der Waals surface area (Å²) in [4.78, 5) is 21.9. The standard InChI is InChI=1S/C28H32N4O4S/c1-17(2)12-22-16-36-25-15-24(26-18(3)6-4-7-20(26)13-19-10-11-19)30-28(31-25)32-37(34,35)23-9-5-8-21(14-23)27(33)29-22/h4-9,14-15,17,19,22H,10-13,16H2,1-3H3,(H,29,33)(H,30,31,32)/t22-/m1/s1. The summed E-state index contributed by atoms with van der Waals surface area (Å²) < 4.78 is 35.1. The lowest BCUT2D eigenvalue weighted by Gasteiger charge is -2.21. The summed E-state index contributed by atoms with van der Waals surface area (Å²) in [7, 11) is -4.05. The van der Waals surface area contributed by atoms with Gasteiger partial charge >= 0.3 is 0 Å². The molecule has 5 rings (SSSR count). The monoisotopic (exact) mass is 520 g/mol. The number of ether oxygens (including phenoxy) is 1. The van der Waals surface area contributed by atoms with Crippen LogP contribution in [-0.2, 0) is 16.4 Å². The van der Waals surface area contributed by atoms with Gasteiger partial charge in [0, 0.05) is 17.2 Å². The van der Waals surface area contributed by atoms with Crippen molar-refractivity contribution >= 4 is 21.9 Å². The minimum atomic E-state index is -4.05. The van der Waals surface area contributed by atoms with E-state index in [0.29, 0.717) is 24.0 Å². The van der Waals surface area contributed by atoms with E-state index in [1.165, 1.54) is 30.5 Å². The molecule has 2 heterocycles. The first-order chi connectivity index (χ1) is 17.7. The van der Waals surface area contributed by atoms with Gasteiger partial charge in [-0.05, 0) is 73.8 Å². The van der Waals surface area contributed by atoms with E-state index in [-0.39, 0.29) is 40.8 Å². The molecule has 8 nitrogen and oxygen atoms in total. The molecule has 0 saturated heterocycles. The molecule has 0 radical (unpaired) electrons. The van der Waals surface area contributed by atoms with E-state index >= 15 is 0 Å². The van der Waals surface area contributed by atoms with Crippen molar-refractivity contribution in [1.29, 1.82) is 0 Å². The van der Waals surface area contributed by atoms with Crippen LogP contribution < -0.4 is 14.8 Å². The number of sulfonamides is 1. The average molecular weight is 521 g/mol. The highest BCUT2D eigenvalue weighted by Crippen LogP contribution is 2.37. The molecule has 1 atom stereocenters. The lowest BCUT2D eigenvalue weighted by molar-refractivity contribution is 0.0913. The summed E-state index contributed by atoms with van der Waals surface area (Å²) in [6.45, 7) is 6.37. The van der Waals surface area contributed by atoms with Crippen LogP contribution in [0.25, 0.3) is 11.3 Å². The number of benzene rings is 2. The number of anilines is 1. The van der Waals surface area contributed by atoms with Gasteiger partial charge in [0.15, 0.2) is 0 Å². The Labute approximate surface area is 217 Å². The molecule has 37 heavy (non-hydrogen) atoms. The predicted molar refractivity (Wildman–Crippen MR) is 142 cm³/mol. The summed E-state index contributed by atoms with van der Waals surface area (Å²) in [5.41, 5.74) is 4.06. The summed E-state index contributed by atoms with van der Waals surface area (Å²) in [6, 6.07) is 13.6. The van der Waals surface area contributed by atoms with Crippen LogP contribution in [0.15, 0.2) is 53.4 Å². The van der Waals surface area contributed by atoms with Crippen molar-refractivity contribution < 1.29 is 17.9 Å². The fourth-order valence-electron chi connectivity index (χ4n) is 4.75. The normalized spacial score (nSPS) is 19.0. The van der Waals surface area contributed by atoms with Crippen LogP contribution >= 0.6 is 0 Å². The van der Waals surface area contributed by atoms with Crippen molar-refractivity contribution in [3.63, 3.8) is 0 Å². The molecule has 1 saturated carbocycles. The lowest BCUT2D eigenvalue weighted by atomic mass is 9.95. The molecule has 1 amide bonds. The minimum Gasteiger partial charge on any atom is -0.475 e. The third-order valence-electron chi connectivity index (χ3n) is 6.68. The molecule has 1 aliphatic carbocycles. The minimum absolute atomic E-state index is 0.0402. The van der Waals surface area contributed by atoms with E-state index < -0.39 is 10.0 Å². The zero-order chi connectivity index (χ0) is 26.2. The Morgan fingerprint density at radius 1 is 1.08 bits per heavy atom. The lowest BCUT2D eigenvalue weighted by Crippen LogP contribution is -2.40. The van der Waals surface area contributed by atoms with Crippen LogP contribution in [0.4, 0.5) is 5.95 Å². The highest BCUT2D eigenvalue weighted by molar-refractivity contribution is 7.92. The molecule has 194 valence electrons. The second-order valence-corrected chi connectivity index (χ2v) is 12.1. The van der Waals surface area contributed by atoms with Gasteiger partial charge < -0.3 is 10.1 Å². The molecule has 1 fully saturated rings. The van der Waals surface area contributed by atoms with Gasteiger partial charge in [0.05, 0.1) is 16.6 Å². The molecule has 0 unspecified atom stereocenters. The van der Waals surface area contributed by atoms with Crippen LogP contribution in [0.1, 0.15) is 54.6 Å². The summed E-state index contributed by atoms with van der Waals surface area (Å²) >= 11 is 0. The van der Waals surface area contributed by atoms with E-state index in [2.05, 4.69) is 39.9 Å². The number of rotatable bonds is 5. The Balaban J connectivity index is 1.61. The Morgan fingerprint density at radius 3 is 2.62 bits per heavy atom. The Bertz CT molecular complexity index is 1430. The first kappa shape index (κ1) is 25.2. The van der Waals surface area contributed by atoms with Crippen molar-refractivity contribution in [2.45, 2.75) is 57.4 Å². The van der Waals surface area contributed by atoms with Gasteiger partial charge in [-0.25, -0.2) is 18.1 Å². The van der Waals surface area contributed by atoms with E-state index in [0.717, 1.165) is 17.5 Å². The quantitative estimate of drug-likeness (QED) is 0.503. The number of fused-ring (bicyclic) bond motifs is 4. The van der Waals surface area contributed by atoms with Gasteiger partial charge in [0.1, 0.15) is 6.61 Å². The van der Waals surface area contributed by atoms with Gasteiger partial charge in [-0.3, -0.25) is 4.79 Å². The zero-order valence-electron chi connectivity index (χ0n) is 21.3. The average Bonchev–Trinajstić information content (AvgIpc) is 3.65. The van der Waals surface area contributed by atoms with Crippen molar-refractivity contribution in [1.82, 2.24) is 15.3 Å². The van der Waals surface area contributed by atoms with Crippen LogP contribution in [0, 0.1) is 18.8 Å². The van der Waals surface area contributed by atoms with Crippen molar-refractivity contribution in [3.05, 3.63) is 65.2 Å². The molecule has 0 spiro atoms. The summed E-state index contributed by atoms with van der Waals surface area (Å²) in [5.74, 6) is 0.806. The van der Waals surface area contributed by atoms with Crippen LogP contribution in [-0.4, -0.2) is 36.9 Å². The van der Waals surface area contributed by atoms with Crippen LogP contribution in [0.2, 0.25) is 0 Å². The molecule has 1 aromatic heterocycles.